The van der Waals surface area contributed by atoms with Gasteiger partial charge in [-0.05, 0) is 55.4 Å². The van der Waals surface area contributed by atoms with Gasteiger partial charge in [0.25, 0.3) is 0 Å². The Hall–Kier alpha value is -0.690. The van der Waals surface area contributed by atoms with Crippen LogP contribution in [0.3, 0.4) is 0 Å². The van der Waals surface area contributed by atoms with Crippen molar-refractivity contribution in [1.29, 1.82) is 0 Å². The van der Waals surface area contributed by atoms with Crippen molar-refractivity contribution in [3.63, 3.8) is 0 Å². The molecule has 2 rings (SSSR count). The van der Waals surface area contributed by atoms with E-state index in [0.717, 1.165) is 18.6 Å². The Morgan fingerprint density at radius 2 is 2.20 bits per heavy atom. The van der Waals surface area contributed by atoms with Gasteiger partial charge in [0.1, 0.15) is 5.75 Å². The monoisotopic (exact) mass is 224 g/mol. The highest BCUT2D eigenvalue weighted by molar-refractivity contribution is 6.20. The minimum Gasteiger partial charge on any atom is -0.497 e. The third-order valence-electron chi connectivity index (χ3n) is 3.33. The Morgan fingerprint density at radius 1 is 1.40 bits per heavy atom. The van der Waals surface area contributed by atoms with Gasteiger partial charge in [-0.3, -0.25) is 0 Å². The summed E-state index contributed by atoms with van der Waals surface area (Å²) < 4.78 is 5.24. The number of hydrogen-bond acceptors (Lipinski definition) is 1. The number of benzene rings is 1. The molecule has 0 saturated carbocycles. The van der Waals surface area contributed by atoms with Crippen molar-refractivity contribution in [3.8, 4) is 5.75 Å². The number of methoxy groups -OCH3 is 1. The smallest absolute Gasteiger partial charge is 0.119 e. The van der Waals surface area contributed by atoms with Crippen molar-refractivity contribution in [2.45, 2.75) is 31.6 Å². The van der Waals surface area contributed by atoms with Gasteiger partial charge in [-0.1, -0.05) is 6.07 Å². The van der Waals surface area contributed by atoms with Crippen LogP contribution in [0.1, 0.15) is 24.5 Å². The second-order valence-electron chi connectivity index (χ2n) is 4.32. The van der Waals surface area contributed by atoms with E-state index in [1.807, 2.05) is 6.07 Å². The molecule has 1 nitrogen and oxygen atoms in total. The first kappa shape index (κ1) is 10.8. The maximum atomic E-state index is 6.17. The lowest BCUT2D eigenvalue weighted by Crippen LogP contribution is -2.20. The summed E-state index contributed by atoms with van der Waals surface area (Å²) in [5.74, 6) is 1.57. The highest BCUT2D eigenvalue weighted by Gasteiger charge is 2.22. The summed E-state index contributed by atoms with van der Waals surface area (Å²) in [5.41, 5.74) is 2.88. The second-order valence-corrected chi connectivity index (χ2v) is 5.00. The van der Waals surface area contributed by atoms with Crippen molar-refractivity contribution in [3.05, 3.63) is 29.3 Å². The SMILES string of the molecule is COc1ccc2c(c1)CC(C(C)Cl)CC2. The maximum Gasteiger partial charge on any atom is 0.119 e. The molecule has 0 saturated heterocycles. The van der Waals surface area contributed by atoms with Crippen LogP contribution in [-0.4, -0.2) is 12.5 Å². The van der Waals surface area contributed by atoms with Gasteiger partial charge >= 0.3 is 0 Å². The molecule has 1 aliphatic rings. The minimum absolute atomic E-state index is 0.268. The topological polar surface area (TPSA) is 9.23 Å². The molecule has 0 aromatic heterocycles. The van der Waals surface area contributed by atoms with E-state index in [4.69, 9.17) is 16.3 Å². The lowest BCUT2D eigenvalue weighted by atomic mass is 9.82. The van der Waals surface area contributed by atoms with E-state index < -0.39 is 0 Å². The van der Waals surface area contributed by atoms with Gasteiger partial charge in [0, 0.05) is 5.38 Å². The molecular weight excluding hydrogens is 208 g/mol. The molecule has 0 N–H and O–H groups in total. The molecule has 82 valence electrons. The van der Waals surface area contributed by atoms with Gasteiger partial charge in [0.15, 0.2) is 0 Å². The lowest BCUT2D eigenvalue weighted by molar-refractivity contribution is 0.409. The number of aryl methyl sites for hydroxylation is 1. The molecule has 2 atom stereocenters. The Bertz CT molecular complexity index is 346. The fraction of sp³-hybridized carbons (Fsp3) is 0.538. The molecule has 2 heteroatoms. The average Bonchev–Trinajstić information content (AvgIpc) is 2.27. The molecule has 0 bridgehead atoms. The molecule has 1 aromatic carbocycles. The van der Waals surface area contributed by atoms with Crippen LogP contribution < -0.4 is 4.74 Å². The summed E-state index contributed by atoms with van der Waals surface area (Å²) >= 11 is 6.17. The van der Waals surface area contributed by atoms with E-state index in [1.165, 1.54) is 17.5 Å². The van der Waals surface area contributed by atoms with Crippen LogP contribution in [0.5, 0.6) is 5.75 Å². The van der Waals surface area contributed by atoms with Crippen LogP contribution in [0.2, 0.25) is 0 Å². The second kappa shape index (κ2) is 4.44. The number of halogens is 1. The first-order valence-electron chi connectivity index (χ1n) is 5.50. The molecule has 0 heterocycles. The standard InChI is InChI=1S/C13H17ClO/c1-9(14)11-4-3-10-5-6-13(15-2)8-12(10)7-11/h5-6,8-9,11H,3-4,7H2,1-2H3. The van der Waals surface area contributed by atoms with E-state index >= 15 is 0 Å². The summed E-state index contributed by atoms with van der Waals surface area (Å²) in [6.45, 7) is 2.09. The van der Waals surface area contributed by atoms with Crippen molar-refractivity contribution < 1.29 is 4.74 Å². The molecule has 0 fully saturated rings. The van der Waals surface area contributed by atoms with Crippen LogP contribution in [0.25, 0.3) is 0 Å². The van der Waals surface area contributed by atoms with Gasteiger partial charge in [0.05, 0.1) is 7.11 Å². The van der Waals surface area contributed by atoms with E-state index in [9.17, 15) is 0 Å². The Labute approximate surface area is 96.4 Å². The fourth-order valence-electron chi connectivity index (χ4n) is 2.28. The summed E-state index contributed by atoms with van der Waals surface area (Å²) in [6, 6.07) is 6.38. The Morgan fingerprint density at radius 3 is 2.87 bits per heavy atom. The summed E-state index contributed by atoms with van der Waals surface area (Å²) in [5, 5.41) is 0.268. The Kier molecular flexibility index (Phi) is 3.20. The van der Waals surface area contributed by atoms with Crippen LogP contribution in [0.15, 0.2) is 18.2 Å². The van der Waals surface area contributed by atoms with Gasteiger partial charge < -0.3 is 4.74 Å². The molecule has 2 unspecified atom stereocenters. The van der Waals surface area contributed by atoms with E-state index in [-0.39, 0.29) is 5.38 Å². The number of fused-ring (bicyclic) bond motifs is 1. The zero-order valence-corrected chi connectivity index (χ0v) is 10.1. The van der Waals surface area contributed by atoms with Gasteiger partial charge in [0.2, 0.25) is 0 Å². The van der Waals surface area contributed by atoms with Crippen molar-refractivity contribution in [2.24, 2.45) is 5.92 Å². The number of alkyl halides is 1. The van der Waals surface area contributed by atoms with E-state index in [0.29, 0.717) is 5.92 Å². The van der Waals surface area contributed by atoms with Gasteiger partial charge in [-0.2, -0.15) is 0 Å². The number of ether oxygens (including phenoxy) is 1. The maximum absolute atomic E-state index is 6.17. The third-order valence-corrected chi connectivity index (χ3v) is 3.69. The first-order chi connectivity index (χ1) is 7.20. The molecular formula is C13H17ClO. The predicted molar refractivity (Wildman–Crippen MR) is 63.8 cm³/mol. The molecule has 15 heavy (non-hydrogen) atoms. The van der Waals surface area contributed by atoms with Crippen molar-refractivity contribution >= 4 is 11.6 Å². The zero-order valence-electron chi connectivity index (χ0n) is 9.29. The molecule has 0 radical (unpaired) electrons. The van der Waals surface area contributed by atoms with E-state index in [1.54, 1.807) is 7.11 Å². The Balaban J connectivity index is 2.23. The predicted octanol–water partition coefficient (Wildman–Crippen LogP) is 3.43. The summed E-state index contributed by atoms with van der Waals surface area (Å²) in [7, 11) is 1.71. The van der Waals surface area contributed by atoms with Crippen molar-refractivity contribution in [1.82, 2.24) is 0 Å². The molecule has 0 aliphatic heterocycles. The molecule has 0 spiro atoms. The van der Waals surface area contributed by atoms with Crippen LogP contribution in [0.4, 0.5) is 0 Å². The number of hydrogen-bond donors (Lipinski definition) is 0. The largest absolute Gasteiger partial charge is 0.497 e. The van der Waals surface area contributed by atoms with Gasteiger partial charge in [-0.25, -0.2) is 0 Å². The quantitative estimate of drug-likeness (QED) is 0.700. The van der Waals surface area contributed by atoms with E-state index in [2.05, 4.69) is 19.1 Å². The zero-order chi connectivity index (χ0) is 10.8. The average molecular weight is 225 g/mol. The summed E-state index contributed by atoms with van der Waals surface area (Å²) in [6.07, 6.45) is 3.46. The van der Waals surface area contributed by atoms with Crippen molar-refractivity contribution in [2.75, 3.05) is 7.11 Å². The fourth-order valence-corrected chi connectivity index (χ4v) is 2.50. The van der Waals surface area contributed by atoms with Crippen LogP contribution >= 0.6 is 11.6 Å². The minimum atomic E-state index is 0.268. The molecule has 1 aliphatic carbocycles. The highest BCUT2D eigenvalue weighted by Crippen LogP contribution is 2.31. The highest BCUT2D eigenvalue weighted by atomic mass is 35.5. The summed E-state index contributed by atoms with van der Waals surface area (Å²) in [4.78, 5) is 0. The third kappa shape index (κ3) is 2.28. The van der Waals surface area contributed by atoms with Crippen LogP contribution in [-0.2, 0) is 12.8 Å². The normalized spacial score (nSPS) is 21.9. The molecule has 1 aromatic rings. The lowest BCUT2D eigenvalue weighted by Gasteiger charge is -2.26. The number of rotatable bonds is 2. The molecule has 0 amide bonds. The first-order valence-corrected chi connectivity index (χ1v) is 5.94. The van der Waals surface area contributed by atoms with Crippen LogP contribution in [0, 0.1) is 5.92 Å². The van der Waals surface area contributed by atoms with Gasteiger partial charge in [-0.15, -0.1) is 11.6 Å².